The third-order valence-electron chi connectivity index (χ3n) is 3.11. The summed E-state index contributed by atoms with van der Waals surface area (Å²) in [6.07, 6.45) is 9.32. The van der Waals surface area contributed by atoms with Gasteiger partial charge in [-0.05, 0) is 58.5 Å². The first-order valence-electron chi connectivity index (χ1n) is 8.46. The van der Waals surface area contributed by atoms with Crippen LogP contribution in [-0.4, -0.2) is 29.3 Å². The molecule has 0 radical (unpaired) electrons. The Morgan fingerprint density at radius 2 is 1.35 bits per heavy atom. The number of hydrogen-bond donors (Lipinski definition) is 0. The summed E-state index contributed by atoms with van der Waals surface area (Å²) in [5.74, 6) is 0. The van der Waals surface area contributed by atoms with Gasteiger partial charge >= 0.3 is 0 Å². The van der Waals surface area contributed by atoms with E-state index < -0.39 is 16.6 Å². The van der Waals surface area contributed by atoms with Crippen molar-refractivity contribution in [3.05, 3.63) is 0 Å². The van der Waals surface area contributed by atoms with Crippen molar-refractivity contribution in [3.8, 4) is 0 Å². The minimum absolute atomic E-state index is 0.500. The molecule has 0 rings (SSSR count). The summed E-state index contributed by atoms with van der Waals surface area (Å²) in [6.45, 7) is 16.9. The molecule has 0 bridgehead atoms. The van der Waals surface area contributed by atoms with Crippen molar-refractivity contribution in [3.63, 3.8) is 0 Å². The van der Waals surface area contributed by atoms with Gasteiger partial charge in [0.1, 0.15) is 0 Å². The third-order valence-corrected chi connectivity index (χ3v) is 5.22. The van der Waals surface area contributed by atoms with Crippen molar-refractivity contribution in [2.45, 2.75) is 97.3 Å². The Hall–Kier alpha value is 0.354. The molecule has 0 aliphatic rings. The van der Waals surface area contributed by atoms with Gasteiger partial charge in [0.2, 0.25) is 0 Å². The molecule has 1 unspecified atom stereocenters. The van der Waals surface area contributed by atoms with Crippen LogP contribution in [0.25, 0.3) is 0 Å². The lowest BCUT2D eigenvalue weighted by molar-refractivity contribution is 0.165. The summed E-state index contributed by atoms with van der Waals surface area (Å²) in [6, 6.07) is 0. The molecule has 0 aromatic heterocycles. The van der Waals surface area contributed by atoms with Crippen LogP contribution >= 0.6 is 0 Å². The Morgan fingerprint density at radius 1 is 0.750 bits per heavy atom. The maximum Gasteiger partial charge on any atom is 0.184 e. The van der Waals surface area contributed by atoms with E-state index >= 15 is 0 Å². The van der Waals surface area contributed by atoms with Gasteiger partial charge in [-0.3, -0.25) is 0 Å². The maximum atomic E-state index is 6.32. The average Bonchev–Trinajstić information content (AvgIpc) is 2.27. The van der Waals surface area contributed by atoms with Crippen LogP contribution in [0.3, 0.4) is 0 Å². The fraction of sp³-hybridized carbons (Fsp3) is 1.00. The predicted molar refractivity (Wildman–Crippen MR) is 95.5 cm³/mol. The highest BCUT2D eigenvalue weighted by Crippen LogP contribution is 2.18. The second-order valence-corrected chi connectivity index (χ2v) is 16.8. The number of unbranched alkanes of at least 4 members (excludes halogenated alkanes) is 3. The van der Waals surface area contributed by atoms with E-state index in [1.165, 1.54) is 44.9 Å². The average molecular weight is 319 g/mol. The minimum Gasteiger partial charge on any atom is -0.418 e. The van der Waals surface area contributed by atoms with Crippen LogP contribution in [0.1, 0.15) is 51.9 Å². The molecule has 0 aliphatic carbocycles. The Morgan fingerprint density at radius 3 is 1.85 bits per heavy atom. The highest BCUT2D eigenvalue weighted by Gasteiger charge is 2.20. The molecule has 0 saturated heterocycles. The summed E-state index contributed by atoms with van der Waals surface area (Å²) in [5.41, 5.74) is 0. The van der Waals surface area contributed by atoms with Gasteiger partial charge < -0.3 is 8.85 Å². The molecule has 2 nitrogen and oxygen atoms in total. The van der Waals surface area contributed by atoms with Crippen molar-refractivity contribution in [1.82, 2.24) is 0 Å². The van der Waals surface area contributed by atoms with Crippen molar-refractivity contribution in [1.29, 1.82) is 0 Å². The van der Waals surface area contributed by atoms with Crippen LogP contribution in [0, 0.1) is 0 Å². The number of hydrogen-bond acceptors (Lipinski definition) is 2. The lowest BCUT2D eigenvalue weighted by Gasteiger charge is -2.26. The van der Waals surface area contributed by atoms with Crippen LogP contribution in [0.4, 0.5) is 0 Å². The first-order valence-corrected chi connectivity index (χ1v) is 15.3. The molecular weight excluding hydrogens is 280 g/mol. The lowest BCUT2D eigenvalue weighted by atomic mass is 10.1. The van der Waals surface area contributed by atoms with Crippen molar-refractivity contribution in [2.75, 3.05) is 6.61 Å². The minimum atomic E-state index is -1.39. The molecular formula is C16H38O2Si2. The van der Waals surface area contributed by atoms with Gasteiger partial charge in [-0.1, -0.05) is 32.6 Å². The van der Waals surface area contributed by atoms with E-state index in [-0.39, 0.29) is 0 Å². The van der Waals surface area contributed by atoms with Gasteiger partial charge in [0.15, 0.2) is 16.6 Å². The zero-order valence-electron chi connectivity index (χ0n) is 15.1. The zero-order chi connectivity index (χ0) is 15.6. The van der Waals surface area contributed by atoms with Crippen LogP contribution in [-0.2, 0) is 8.85 Å². The van der Waals surface area contributed by atoms with Gasteiger partial charge in [0.25, 0.3) is 0 Å². The summed E-state index contributed by atoms with van der Waals surface area (Å²) >= 11 is 0. The summed E-state index contributed by atoms with van der Waals surface area (Å²) in [5, 5.41) is 0. The molecule has 4 heteroatoms. The van der Waals surface area contributed by atoms with Gasteiger partial charge in [-0.2, -0.15) is 0 Å². The Kier molecular flexibility index (Phi) is 10.3. The largest absolute Gasteiger partial charge is 0.418 e. The molecule has 0 aromatic rings. The van der Waals surface area contributed by atoms with Crippen LogP contribution in [0.2, 0.25) is 39.3 Å². The molecule has 0 N–H and O–H groups in total. The zero-order valence-corrected chi connectivity index (χ0v) is 17.1. The molecule has 0 spiro atoms. The van der Waals surface area contributed by atoms with Crippen molar-refractivity contribution < 1.29 is 8.85 Å². The Balaban J connectivity index is 3.79. The standard InChI is InChI=1S/C16H38O2Si2/c1-8-9-13-16(18-20(5,6)7)14-11-10-12-15-17-19(2,3)4/h16H,8-15H2,1-7H3. The first-order chi connectivity index (χ1) is 9.14. The molecule has 1 atom stereocenters. The first kappa shape index (κ1) is 20.4. The van der Waals surface area contributed by atoms with E-state index in [1.807, 2.05) is 0 Å². The third kappa shape index (κ3) is 14.8. The fourth-order valence-corrected chi connectivity index (χ4v) is 4.22. The quantitative estimate of drug-likeness (QED) is 0.334. The molecule has 20 heavy (non-hydrogen) atoms. The SMILES string of the molecule is CCCCC(CCCCCO[Si](C)(C)C)O[Si](C)(C)C. The molecule has 0 amide bonds. The van der Waals surface area contributed by atoms with E-state index in [2.05, 4.69) is 46.2 Å². The molecule has 0 saturated carbocycles. The fourth-order valence-electron chi connectivity index (χ4n) is 2.22. The predicted octanol–water partition coefficient (Wildman–Crippen LogP) is 5.81. The second kappa shape index (κ2) is 10.1. The van der Waals surface area contributed by atoms with Crippen molar-refractivity contribution >= 4 is 16.6 Å². The normalized spacial score (nSPS) is 14.6. The van der Waals surface area contributed by atoms with Crippen LogP contribution in [0.15, 0.2) is 0 Å². The monoisotopic (exact) mass is 318 g/mol. The topological polar surface area (TPSA) is 18.5 Å². The molecule has 0 heterocycles. The Labute approximate surface area is 129 Å². The van der Waals surface area contributed by atoms with Crippen molar-refractivity contribution in [2.24, 2.45) is 0 Å². The smallest absolute Gasteiger partial charge is 0.184 e. The summed E-state index contributed by atoms with van der Waals surface area (Å²) < 4.78 is 12.2. The lowest BCUT2D eigenvalue weighted by Crippen LogP contribution is -2.32. The van der Waals surface area contributed by atoms with E-state index in [0.717, 1.165) is 6.61 Å². The van der Waals surface area contributed by atoms with Crippen LogP contribution < -0.4 is 0 Å². The maximum absolute atomic E-state index is 6.32. The van der Waals surface area contributed by atoms with E-state index in [0.29, 0.717) is 6.10 Å². The van der Waals surface area contributed by atoms with E-state index in [4.69, 9.17) is 8.85 Å². The number of rotatable bonds is 12. The summed E-state index contributed by atoms with van der Waals surface area (Å²) in [7, 11) is -2.70. The molecule has 122 valence electrons. The van der Waals surface area contributed by atoms with Gasteiger partial charge in [-0.15, -0.1) is 0 Å². The summed E-state index contributed by atoms with van der Waals surface area (Å²) in [4.78, 5) is 0. The molecule has 0 aromatic carbocycles. The Bertz CT molecular complexity index is 232. The van der Waals surface area contributed by atoms with Gasteiger partial charge in [-0.25, -0.2) is 0 Å². The highest BCUT2D eigenvalue weighted by atomic mass is 28.4. The van der Waals surface area contributed by atoms with Gasteiger partial charge in [0, 0.05) is 12.7 Å². The van der Waals surface area contributed by atoms with Crippen LogP contribution in [0.5, 0.6) is 0 Å². The molecule has 0 fully saturated rings. The van der Waals surface area contributed by atoms with E-state index in [9.17, 15) is 0 Å². The second-order valence-electron chi connectivity index (χ2n) is 7.80. The molecule has 0 aliphatic heterocycles. The van der Waals surface area contributed by atoms with E-state index in [1.54, 1.807) is 0 Å². The van der Waals surface area contributed by atoms with Gasteiger partial charge in [0.05, 0.1) is 0 Å². The highest BCUT2D eigenvalue weighted by molar-refractivity contribution is 6.70.